The van der Waals surface area contributed by atoms with Gasteiger partial charge in [0.2, 0.25) is 0 Å². The molecule has 0 atom stereocenters. The summed E-state index contributed by atoms with van der Waals surface area (Å²) in [6.45, 7) is 1.85. The molecule has 0 amide bonds. The van der Waals surface area contributed by atoms with Gasteiger partial charge in [0.25, 0.3) is 0 Å². The fourth-order valence-electron chi connectivity index (χ4n) is 1.81. The second-order valence-corrected chi connectivity index (χ2v) is 5.18. The van der Waals surface area contributed by atoms with Gasteiger partial charge in [-0.3, -0.25) is 4.79 Å². The van der Waals surface area contributed by atoms with Gasteiger partial charge in [-0.25, -0.2) is 4.39 Å². The van der Waals surface area contributed by atoms with E-state index in [1.807, 2.05) is 6.92 Å². The number of carbonyl (C=O) groups is 1. The molecular weight excluding hydrogens is 309 g/mol. The maximum absolute atomic E-state index is 13.4. The zero-order chi connectivity index (χ0) is 14.0. The number of Topliss-reactive ketones (excluding diaryl/α,β-unsaturated/α-hetero) is 1. The number of nitrogens with two attached hydrogens (primary N) is 1. The molecule has 0 aliphatic carbocycles. The number of hydrogen-bond donors (Lipinski definition) is 1. The summed E-state index contributed by atoms with van der Waals surface area (Å²) in [7, 11) is 0. The summed E-state index contributed by atoms with van der Waals surface area (Å²) in [5.41, 5.74) is 8.46. The van der Waals surface area contributed by atoms with Crippen molar-refractivity contribution in [3.05, 3.63) is 63.4 Å². The van der Waals surface area contributed by atoms with Crippen LogP contribution in [0.15, 0.2) is 40.9 Å². The number of nitrogen functional groups attached to an aromatic ring is 1. The molecule has 0 saturated carbocycles. The molecule has 2 aromatic rings. The maximum atomic E-state index is 13.4. The number of aryl methyl sites for hydroxylation is 1. The molecule has 19 heavy (non-hydrogen) atoms. The van der Waals surface area contributed by atoms with E-state index >= 15 is 0 Å². The van der Waals surface area contributed by atoms with Gasteiger partial charge in [0, 0.05) is 17.7 Å². The van der Waals surface area contributed by atoms with Crippen molar-refractivity contribution < 1.29 is 9.18 Å². The van der Waals surface area contributed by atoms with Crippen LogP contribution in [-0.4, -0.2) is 5.78 Å². The van der Waals surface area contributed by atoms with E-state index in [4.69, 9.17) is 5.73 Å². The first kappa shape index (κ1) is 13.7. The fourth-order valence-corrected chi connectivity index (χ4v) is 2.21. The normalized spacial score (nSPS) is 10.5. The van der Waals surface area contributed by atoms with Gasteiger partial charge in [0.15, 0.2) is 5.78 Å². The Balaban J connectivity index is 2.26. The number of halogens is 2. The highest BCUT2D eigenvalue weighted by Crippen LogP contribution is 2.22. The maximum Gasteiger partial charge on any atom is 0.167 e. The number of ketones is 1. The second kappa shape index (κ2) is 5.53. The van der Waals surface area contributed by atoms with Crippen LogP contribution >= 0.6 is 15.9 Å². The molecule has 4 heteroatoms. The topological polar surface area (TPSA) is 43.1 Å². The molecule has 0 heterocycles. The van der Waals surface area contributed by atoms with Crippen LogP contribution in [0.2, 0.25) is 0 Å². The van der Waals surface area contributed by atoms with Gasteiger partial charge in [-0.15, -0.1) is 0 Å². The molecule has 0 fully saturated rings. The highest BCUT2D eigenvalue weighted by Gasteiger charge is 2.12. The van der Waals surface area contributed by atoms with Gasteiger partial charge in [0.05, 0.1) is 4.47 Å². The number of anilines is 1. The molecule has 0 aromatic heterocycles. The van der Waals surface area contributed by atoms with Crippen LogP contribution in [0.5, 0.6) is 0 Å². The lowest BCUT2D eigenvalue weighted by molar-refractivity contribution is 0.0992. The molecule has 2 aromatic carbocycles. The van der Waals surface area contributed by atoms with E-state index in [9.17, 15) is 9.18 Å². The Hall–Kier alpha value is -1.68. The molecule has 0 aliphatic heterocycles. The zero-order valence-corrected chi connectivity index (χ0v) is 12.0. The molecule has 2 rings (SSSR count). The molecule has 2 nitrogen and oxygen atoms in total. The first-order valence-electron chi connectivity index (χ1n) is 5.81. The van der Waals surface area contributed by atoms with Crippen LogP contribution in [0.25, 0.3) is 0 Å². The number of carbonyl (C=O) groups excluding carboxylic acids is 1. The number of benzene rings is 2. The van der Waals surface area contributed by atoms with Crippen LogP contribution in [0.3, 0.4) is 0 Å². The molecule has 0 saturated heterocycles. The third-order valence-corrected chi connectivity index (χ3v) is 3.86. The van der Waals surface area contributed by atoms with Crippen molar-refractivity contribution in [1.29, 1.82) is 0 Å². The van der Waals surface area contributed by atoms with Gasteiger partial charge < -0.3 is 5.73 Å². The lowest BCUT2D eigenvalue weighted by Gasteiger charge is -2.07. The van der Waals surface area contributed by atoms with E-state index in [1.165, 1.54) is 6.07 Å². The summed E-state index contributed by atoms with van der Waals surface area (Å²) in [5.74, 6) is -0.423. The largest absolute Gasteiger partial charge is 0.399 e. The summed E-state index contributed by atoms with van der Waals surface area (Å²) in [6, 6.07) is 9.84. The van der Waals surface area contributed by atoms with Crippen molar-refractivity contribution >= 4 is 27.4 Å². The Labute approximate surface area is 119 Å². The minimum absolute atomic E-state index is 0.0607. The van der Waals surface area contributed by atoms with Gasteiger partial charge in [-0.1, -0.05) is 12.1 Å². The van der Waals surface area contributed by atoms with E-state index in [1.54, 1.807) is 30.3 Å². The molecule has 0 radical (unpaired) electrons. The van der Waals surface area contributed by atoms with Crippen molar-refractivity contribution in [1.82, 2.24) is 0 Å². The quantitative estimate of drug-likeness (QED) is 0.688. The van der Waals surface area contributed by atoms with Crippen molar-refractivity contribution in [3.8, 4) is 0 Å². The van der Waals surface area contributed by atoms with E-state index in [0.29, 0.717) is 21.3 Å². The number of hydrogen-bond acceptors (Lipinski definition) is 2. The molecular formula is C15H13BrFNO. The minimum atomic E-state index is -0.362. The van der Waals surface area contributed by atoms with Crippen molar-refractivity contribution in [2.75, 3.05) is 5.73 Å². The average Bonchev–Trinajstić information content (AvgIpc) is 2.38. The lowest BCUT2D eigenvalue weighted by atomic mass is 10.0. The van der Waals surface area contributed by atoms with Crippen molar-refractivity contribution in [2.45, 2.75) is 13.3 Å². The highest BCUT2D eigenvalue weighted by molar-refractivity contribution is 9.10. The fraction of sp³-hybridized carbons (Fsp3) is 0.133. The van der Waals surface area contributed by atoms with E-state index < -0.39 is 0 Å². The van der Waals surface area contributed by atoms with Gasteiger partial charge >= 0.3 is 0 Å². The average molecular weight is 322 g/mol. The van der Waals surface area contributed by atoms with E-state index in [0.717, 1.165) is 5.56 Å². The van der Waals surface area contributed by atoms with Crippen LogP contribution in [-0.2, 0) is 6.42 Å². The first-order chi connectivity index (χ1) is 8.99. The number of rotatable bonds is 3. The Morgan fingerprint density at radius 3 is 2.74 bits per heavy atom. The van der Waals surface area contributed by atoms with Gasteiger partial charge in [0.1, 0.15) is 5.82 Å². The third kappa shape index (κ3) is 3.01. The highest BCUT2D eigenvalue weighted by atomic mass is 79.9. The first-order valence-corrected chi connectivity index (χ1v) is 6.60. The van der Waals surface area contributed by atoms with E-state index in [-0.39, 0.29) is 18.0 Å². The Morgan fingerprint density at radius 2 is 2.05 bits per heavy atom. The SMILES string of the molecule is Cc1cc(C(=O)Cc2cccc(F)c2Br)ccc1N. The summed E-state index contributed by atoms with van der Waals surface area (Å²) in [5, 5.41) is 0. The zero-order valence-electron chi connectivity index (χ0n) is 10.4. The molecule has 0 unspecified atom stereocenters. The molecule has 0 spiro atoms. The predicted octanol–water partition coefficient (Wildman–Crippen LogP) is 3.90. The Kier molecular flexibility index (Phi) is 4.00. The monoisotopic (exact) mass is 321 g/mol. The predicted molar refractivity (Wildman–Crippen MR) is 77.7 cm³/mol. The summed E-state index contributed by atoms with van der Waals surface area (Å²) in [6.07, 6.45) is 0.154. The van der Waals surface area contributed by atoms with Crippen LogP contribution in [0.4, 0.5) is 10.1 Å². The lowest BCUT2D eigenvalue weighted by Crippen LogP contribution is -2.05. The van der Waals surface area contributed by atoms with E-state index in [2.05, 4.69) is 15.9 Å². The molecule has 0 aliphatic rings. The summed E-state index contributed by atoms with van der Waals surface area (Å²) in [4.78, 5) is 12.2. The van der Waals surface area contributed by atoms with Crippen LogP contribution in [0.1, 0.15) is 21.5 Å². The summed E-state index contributed by atoms with van der Waals surface area (Å²) < 4.78 is 13.7. The van der Waals surface area contributed by atoms with Crippen LogP contribution < -0.4 is 5.73 Å². The van der Waals surface area contributed by atoms with Gasteiger partial charge in [-0.05, 0) is 58.2 Å². The second-order valence-electron chi connectivity index (χ2n) is 4.38. The molecule has 98 valence electrons. The Bertz CT molecular complexity index is 640. The molecule has 2 N–H and O–H groups in total. The Morgan fingerprint density at radius 1 is 1.32 bits per heavy atom. The third-order valence-electron chi connectivity index (χ3n) is 2.97. The standard InChI is InChI=1S/C15H13BrFNO/c1-9-7-10(5-6-13(9)18)14(19)8-11-3-2-4-12(17)15(11)16/h2-7H,8,18H2,1H3. The van der Waals surface area contributed by atoms with Gasteiger partial charge in [-0.2, -0.15) is 0 Å². The molecule has 0 bridgehead atoms. The van der Waals surface area contributed by atoms with Crippen molar-refractivity contribution in [3.63, 3.8) is 0 Å². The van der Waals surface area contributed by atoms with Crippen molar-refractivity contribution in [2.24, 2.45) is 0 Å². The smallest absolute Gasteiger partial charge is 0.167 e. The summed E-state index contributed by atoms with van der Waals surface area (Å²) >= 11 is 3.16. The van der Waals surface area contributed by atoms with Crippen LogP contribution in [0, 0.1) is 12.7 Å². The minimum Gasteiger partial charge on any atom is -0.399 e.